The van der Waals surface area contributed by atoms with Gasteiger partial charge in [0.2, 0.25) is 0 Å². The lowest BCUT2D eigenvalue weighted by molar-refractivity contribution is -0.139. The lowest BCUT2D eigenvalue weighted by Gasteiger charge is -2.19. The number of para-hydroxylation sites is 1. The molecule has 1 unspecified atom stereocenters. The summed E-state index contributed by atoms with van der Waals surface area (Å²) in [6.07, 6.45) is 4.92. The smallest absolute Gasteiger partial charge is 0.311 e. The van der Waals surface area contributed by atoms with Crippen LogP contribution in [0.25, 0.3) is 0 Å². The molecular weight excluding hydrogens is 344 g/mol. The highest BCUT2D eigenvalue weighted by atomic mass is 32.2. The van der Waals surface area contributed by atoms with Gasteiger partial charge in [-0.05, 0) is 31.0 Å². The van der Waals surface area contributed by atoms with Crippen molar-refractivity contribution in [2.75, 3.05) is 7.11 Å². The number of ether oxygens (including phenoxy) is 1. The Morgan fingerprint density at radius 3 is 2.46 bits per heavy atom. The summed E-state index contributed by atoms with van der Waals surface area (Å²) in [7, 11) is 1.62. The van der Waals surface area contributed by atoms with E-state index in [2.05, 4.69) is 26.0 Å². The normalized spacial score (nSPS) is 12.0. The third-order valence-electron chi connectivity index (χ3n) is 4.55. The van der Waals surface area contributed by atoms with Crippen molar-refractivity contribution < 1.29 is 14.6 Å². The minimum absolute atomic E-state index is 0.528. The van der Waals surface area contributed by atoms with Crippen molar-refractivity contribution in [1.29, 1.82) is 0 Å². The van der Waals surface area contributed by atoms with Crippen molar-refractivity contribution in [2.45, 2.75) is 61.7 Å². The van der Waals surface area contributed by atoms with Gasteiger partial charge in [0.25, 0.3) is 0 Å². The Hall–Kier alpha value is -1.94. The number of unbranched alkanes of at least 4 members (excludes halogenated alkanes) is 3. The molecule has 0 radical (unpaired) electrons. The van der Waals surface area contributed by atoms with Gasteiger partial charge in [0, 0.05) is 10.5 Å². The van der Waals surface area contributed by atoms with E-state index in [-0.39, 0.29) is 0 Å². The third-order valence-corrected chi connectivity index (χ3v) is 5.77. The molecule has 0 heterocycles. The molecule has 0 spiro atoms. The minimum Gasteiger partial charge on any atom is -0.495 e. The van der Waals surface area contributed by atoms with Gasteiger partial charge >= 0.3 is 5.97 Å². The maximum Gasteiger partial charge on any atom is 0.311 e. The van der Waals surface area contributed by atoms with E-state index in [0.29, 0.717) is 12.2 Å². The van der Waals surface area contributed by atoms with Gasteiger partial charge in [-0.1, -0.05) is 74.7 Å². The lowest BCUT2D eigenvalue weighted by Crippen LogP contribution is -2.13. The Morgan fingerprint density at radius 1 is 1.08 bits per heavy atom. The van der Waals surface area contributed by atoms with Gasteiger partial charge in [-0.25, -0.2) is 0 Å². The number of hydrogen-bond donors (Lipinski definition) is 1. The SMILES string of the molecule is CCCCCCC(C(=O)O)c1cccc(Sc2ccccc2C)c1OC. The monoisotopic (exact) mass is 372 g/mol. The van der Waals surface area contributed by atoms with Gasteiger partial charge in [0.15, 0.2) is 0 Å². The van der Waals surface area contributed by atoms with Gasteiger partial charge in [-0.3, -0.25) is 4.79 Å². The maximum absolute atomic E-state index is 11.9. The van der Waals surface area contributed by atoms with Gasteiger partial charge < -0.3 is 9.84 Å². The molecule has 4 heteroatoms. The molecule has 2 aromatic carbocycles. The zero-order chi connectivity index (χ0) is 18.9. The maximum atomic E-state index is 11.9. The highest BCUT2D eigenvalue weighted by Gasteiger charge is 2.24. The molecule has 0 saturated carbocycles. The topological polar surface area (TPSA) is 46.5 Å². The fraction of sp³-hybridized carbons (Fsp3) is 0.409. The molecule has 140 valence electrons. The number of aliphatic carboxylic acids is 1. The standard InChI is InChI=1S/C22H28O3S/c1-4-5-6-7-12-18(22(23)24)17-13-10-15-20(21(17)25-3)26-19-14-9-8-11-16(19)2/h8-11,13-15,18H,4-7,12H2,1-3H3,(H,23,24). The molecule has 0 aliphatic rings. The number of hydrogen-bond acceptors (Lipinski definition) is 3. The molecule has 2 rings (SSSR count). The number of carbonyl (C=O) groups is 1. The first-order chi connectivity index (χ1) is 12.6. The van der Waals surface area contributed by atoms with Crippen molar-refractivity contribution in [3.8, 4) is 5.75 Å². The van der Waals surface area contributed by atoms with Crippen LogP contribution in [0.3, 0.4) is 0 Å². The average Bonchev–Trinajstić information content (AvgIpc) is 2.63. The largest absolute Gasteiger partial charge is 0.495 e. The molecule has 0 amide bonds. The van der Waals surface area contributed by atoms with Gasteiger partial charge in [-0.15, -0.1) is 0 Å². The first kappa shape index (κ1) is 20.4. The fourth-order valence-corrected chi connectivity index (χ4v) is 4.14. The van der Waals surface area contributed by atoms with Crippen LogP contribution in [-0.2, 0) is 4.79 Å². The zero-order valence-corrected chi connectivity index (χ0v) is 16.6. The van der Waals surface area contributed by atoms with E-state index in [1.807, 2.05) is 30.3 Å². The highest BCUT2D eigenvalue weighted by Crippen LogP contribution is 2.41. The van der Waals surface area contributed by atoms with Crippen LogP contribution in [0.4, 0.5) is 0 Å². The lowest BCUT2D eigenvalue weighted by atomic mass is 9.92. The second-order valence-electron chi connectivity index (χ2n) is 6.49. The molecule has 2 aromatic rings. The van der Waals surface area contributed by atoms with Crippen LogP contribution in [0.15, 0.2) is 52.3 Å². The summed E-state index contributed by atoms with van der Waals surface area (Å²) in [5.74, 6) is -0.624. The molecule has 0 bridgehead atoms. The van der Waals surface area contributed by atoms with Gasteiger partial charge in [-0.2, -0.15) is 0 Å². The summed E-state index contributed by atoms with van der Waals surface area (Å²) >= 11 is 1.62. The van der Waals surface area contributed by atoms with Crippen LogP contribution in [-0.4, -0.2) is 18.2 Å². The fourth-order valence-electron chi connectivity index (χ4n) is 3.08. The second kappa shape index (κ2) is 10.3. The van der Waals surface area contributed by atoms with Crippen molar-refractivity contribution >= 4 is 17.7 Å². The van der Waals surface area contributed by atoms with Gasteiger partial charge in [0.1, 0.15) is 5.75 Å². The van der Waals surface area contributed by atoms with Crippen molar-refractivity contribution in [1.82, 2.24) is 0 Å². The summed E-state index contributed by atoms with van der Waals surface area (Å²) < 4.78 is 5.66. The molecule has 0 aliphatic carbocycles. The predicted octanol–water partition coefficient (Wildman–Crippen LogP) is 6.29. The van der Waals surface area contributed by atoms with Crippen molar-refractivity contribution in [3.05, 3.63) is 53.6 Å². The zero-order valence-electron chi connectivity index (χ0n) is 15.8. The van der Waals surface area contributed by atoms with E-state index in [0.717, 1.165) is 41.0 Å². The third kappa shape index (κ3) is 5.28. The molecule has 0 aromatic heterocycles. The van der Waals surface area contributed by atoms with Crippen LogP contribution >= 0.6 is 11.8 Å². The van der Waals surface area contributed by atoms with E-state index in [9.17, 15) is 9.90 Å². The highest BCUT2D eigenvalue weighted by molar-refractivity contribution is 7.99. The van der Waals surface area contributed by atoms with Crippen LogP contribution in [0.2, 0.25) is 0 Å². The predicted molar refractivity (Wildman–Crippen MR) is 107 cm³/mol. The number of aryl methyl sites for hydroxylation is 1. The van der Waals surface area contributed by atoms with Gasteiger partial charge in [0.05, 0.1) is 17.9 Å². The Morgan fingerprint density at radius 2 is 1.81 bits per heavy atom. The first-order valence-corrected chi connectivity index (χ1v) is 10.0. The number of methoxy groups -OCH3 is 1. The second-order valence-corrected chi connectivity index (χ2v) is 7.57. The average molecular weight is 373 g/mol. The van der Waals surface area contributed by atoms with Crippen molar-refractivity contribution in [3.63, 3.8) is 0 Å². The molecule has 0 aliphatic heterocycles. The van der Waals surface area contributed by atoms with E-state index in [1.54, 1.807) is 18.9 Å². The summed E-state index contributed by atoms with van der Waals surface area (Å²) in [5, 5.41) is 9.77. The van der Waals surface area contributed by atoms with E-state index < -0.39 is 11.9 Å². The Balaban J connectivity index is 2.30. The van der Waals surface area contributed by atoms with E-state index in [4.69, 9.17) is 4.74 Å². The molecule has 1 N–H and O–H groups in total. The summed E-state index contributed by atoms with van der Waals surface area (Å²) in [4.78, 5) is 14.0. The van der Waals surface area contributed by atoms with Crippen LogP contribution < -0.4 is 4.74 Å². The number of benzene rings is 2. The Labute approximate surface area is 160 Å². The minimum atomic E-state index is -0.780. The number of carboxylic acids is 1. The summed E-state index contributed by atoms with van der Waals surface area (Å²) in [5.41, 5.74) is 1.97. The van der Waals surface area contributed by atoms with Crippen molar-refractivity contribution in [2.24, 2.45) is 0 Å². The molecular formula is C22H28O3S. The molecule has 1 atom stereocenters. The first-order valence-electron chi connectivity index (χ1n) is 9.21. The van der Waals surface area contributed by atoms with Crippen LogP contribution in [0, 0.1) is 6.92 Å². The number of rotatable bonds is 10. The Kier molecular flexibility index (Phi) is 8.05. The summed E-state index contributed by atoms with van der Waals surface area (Å²) in [6.45, 7) is 4.23. The molecule has 26 heavy (non-hydrogen) atoms. The quantitative estimate of drug-likeness (QED) is 0.498. The van der Waals surface area contributed by atoms with Crippen LogP contribution in [0.5, 0.6) is 5.75 Å². The van der Waals surface area contributed by atoms with E-state index in [1.165, 1.54) is 5.56 Å². The molecule has 0 fully saturated rings. The van der Waals surface area contributed by atoms with Crippen LogP contribution in [0.1, 0.15) is 56.1 Å². The summed E-state index contributed by atoms with van der Waals surface area (Å²) in [6, 6.07) is 14.0. The Bertz CT molecular complexity index is 727. The molecule has 0 saturated heterocycles. The number of carboxylic acid groups (broad SMARTS) is 1. The van der Waals surface area contributed by atoms with E-state index >= 15 is 0 Å². The molecule has 3 nitrogen and oxygen atoms in total.